The summed E-state index contributed by atoms with van der Waals surface area (Å²) in [6, 6.07) is 23.4. The second kappa shape index (κ2) is 10.2. The van der Waals surface area contributed by atoms with E-state index in [-0.39, 0.29) is 5.91 Å². The van der Waals surface area contributed by atoms with E-state index in [1.807, 2.05) is 61.5 Å². The van der Waals surface area contributed by atoms with Crippen molar-refractivity contribution >= 4 is 34.6 Å². The molecule has 4 rings (SSSR count). The van der Waals surface area contributed by atoms with Crippen molar-refractivity contribution < 1.29 is 14.3 Å². The predicted octanol–water partition coefficient (Wildman–Crippen LogP) is 5.86. The molecule has 1 N–H and O–H groups in total. The molecule has 0 radical (unpaired) electrons. The second-order valence-corrected chi connectivity index (χ2v) is 8.25. The largest absolute Gasteiger partial charge is 0.494 e. The van der Waals surface area contributed by atoms with Gasteiger partial charge in [0.25, 0.3) is 5.91 Å². The summed E-state index contributed by atoms with van der Waals surface area (Å²) in [7, 11) is 0. The van der Waals surface area contributed by atoms with Crippen molar-refractivity contribution in [1.29, 1.82) is 0 Å². The molecule has 3 aromatic carbocycles. The predicted molar refractivity (Wildman–Crippen MR) is 130 cm³/mol. The Bertz CT molecular complexity index is 1150. The van der Waals surface area contributed by atoms with Crippen LogP contribution in [0.3, 0.4) is 0 Å². The molecule has 1 amide bonds. The topological polar surface area (TPSA) is 59.9 Å². The van der Waals surface area contributed by atoms with Crippen molar-refractivity contribution in [2.75, 3.05) is 6.61 Å². The van der Waals surface area contributed by atoms with Crippen molar-refractivity contribution in [1.82, 2.24) is 5.32 Å². The maximum atomic E-state index is 12.5. The lowest BCUT2D eigenvalue weighted by Crippen LogP contribution is -2.19. The van der Waals surface area contributed by atoms with Crippen LogP contribution in [0.2, 0.25) is 0 Å². The van der Waals surface area contributed by atoms with Crippen molar-refractivity contribution in [3.05, 3.63) is 94.4 Å². The Morgan fingerprint density at radius 2 is 1.72 bits per heavy atom. The first kappa shape index (κ1) is 21.7. The molecule has 0 atom stereocenters. The fourth-order valence-corrected chi connectivity index (χ4v) is 3.93. The van der Waals surface area contributed by atoms with E-state index >= 15 is 0 Å². The number of amides is 1. The highest BCUT2D eigenvalue weighted by Crippen LogP contribution is 2.31. The maximum absolute atomic E-state index is 12.5. The Labute approximate surface area is 192 Å². The minimum atomic E-state index is -0.173. The molecule has 1 aliphatic rings. The van der Waals surface area contributed by atoms with E-state index in [1.165, 1.54) is 17.3 Å². The summed E-state index contributed by atoms with van der Waals surface area (Å²) < 4.78 is 11.5. The summed E-state index contributed by atoms with van der Waals surface area (Å²) in [6.45, 7) is 5.08. The molecule has 1 fully saturated rings. The molecule has 3 aromatic rings. The van der Waals surface area contributed by atoms with E-state index in [0.29, 0.717) is 23.3 Å². The SMILES string of the molecule is CCOc1ccc(N=C2NC(=O)/C(=C\c3ccccc3OCc3ccc(C)cc3)S2)cc1. The first-order valence-corrected chi connectivity index (χ1v) is 11.2. The van der Waals surface area contributed by atoms with Crippen LogP contribution in [0, 0.1) is 6.92 Å². The van der Waals surface area contributed by atoms with Crippen LogP contribution in [-0.2, 0) is 11.4 Å². The Balaban J connectivity index is 1.48. The highest BCUT2D eigenvalue weighted by atomic mass is 32.2. The number of benzene rings is 3. The van der Waals surface area contributed by atoms with Crippen molar-refractivity contribution in [2.45, 2.75) is 20.5 Å². The van der Waals surface area contributed by atoms with Crippen LogP contribution in [0.5, 0.6) is 11.5 Å². The van der Waals surface area contributed by atoms with Gasteiger partial charge >= 0.3 is 0 Å². The van der Waals surface area contributed by atoms with Gasteiger partial charge in [0.2, 0.25) is 0 Å². The highest BCUT2D eigenvalue weighted by Gasteiger charge is 2.24. The molecular weight excluding hydrogens is 420 g/mol. The van der Waals surface area contributed by atoms with Gasteiger partial charge in [0.05, 0.1) is 17.2 Å². The number of ether oxygens (including phenoxy) is 2. The van der Waals surface area contributed by atoms with Crippen LogP contribution in [0.15, 0.2) is 82.7 Å². The molecule has 0 spiro atoms. The molecule has 0 saturated carbocycles. The summed E-state index contributed by atoms with van der Waals surface area (Å²) >= 11 is 1.31. The average Bonchev–Trinajstić information content (AvgIpc) is 3.14. The third-order valence-electron chi connectivity index (χ3n) is 4.75. The van der Waals surface area contributed by atoms with Crippen molar-refractivity contribution in [3.63, 3.8) is 0 Å². The van der Waals surface area contributed by atoms with Crippen LogP contribution >= 0.6 is 11.8 Å². The second-order valence-electron chi connectivity index (χ2n) is 7.22. The van der Waals surface area contributed by atoms with Gasteiger partial charge in [-0.3, -0.25) is 4.79 Å². The van der Waals surface area contributed by atoms with Crippen LogP contribution in [0.1, 0.15) is 23.6 Å². The fourth-order valence-electron chi connectivity index (χ4n) is 3.10. The standard InChI is InChI=1S/C26H24N2O3S/c1-3-30-22-14-12-21(13-15-22)27-26-28-25(29)24(32-26)16-20-6-4-5-7-23(20)31-17-19-10-8-18(2)9-11-19/h4-16H,3,17H2,1-2H3,(H,27,28,29)/b24-16+. The van der Waals surface area contributed by atoms with Crippen molar-refractivity contribution in [3.8, 4) is 11.5 Å². The molecule has 0 unspecified atom stereocenters. The molecule has 32 heavy (non-hydrogen) atoms. The third-order valence-corrected chi connectivity index (χ3v) is 5.66. The minimum Gasteiger partial charge on any atom is -0.494 e. The number of hydrogen-bond donors (Lipinski definition) is 1. The van der Waals surface area contributed by atoms with Crippen LogP contribution in [0.4, 0.5) is 5.69 Å². The number of para-hydroxylation sites is 1. The Hall–Kier alpha value is -3.51. The highest BCUT2D eigenvalue weighted by molar-refractivity contribution is 8.18. The van der Waals surface area contributed by atoms with E-state index < -0.39 is 0 Å². The van der Waals surface area contributed by atoms with Gasteiger partial charge in [0.15, 0.2) is 5.17 Å². The van der Waals surface area contributed by atoms with Gasteiger partial charge in [-0.15, -0.1) is 0 Å². The summed E-state index contributed by atoms with van der Waals surface area (Å²) in [4.78, 5) is 17.6. The lowest BCUT2D eigenvalue weighted by molar-refractivity contribution is -0.115. The van der Waals surface area contributed by atoms with Gasteiger partial charge in [0.1, 0.15) is 18.1 Å². The zero-order valence-electron chi connectivity index (χ0n) is 18.0. The molecule has 0 aliphatic carbocycles. The molecule has 5 nitrogen and oxygen atoms in total. The van der Waals surface area contributed by atoms with Crippen molar-refractivity contribution in [2.24, 2.45) is 4.99 Å². The molecule has 1 heterocycles. The zero-order chi connectivity index (χ0) is 22.3. The monoisotopic (exact) mass is 444 g/mol. The van der Waals surface area contributed by atoms with Crippen LogP contribution in [0.25, 0.3) is 6.08 Å². The summed E-state index contributed by atoms with van der Waals surface area (Å²) in [5, 5.41) is 3.37. The molecular formula is C26H24N2O3S. The number of amidine groups is 1. The number of carbonyl (C=O) groups is 1. The van der Waals surface area contributed by atoms with Gasteiger partial charge in [-0.25, -0.2) is 4.99 Å². The lowest BCUT2D eigenvalue weighted by atomic mass is 10.1. The third kappa shape index (κ3) is 5.59. The van der Waals surface area contributed by atoms with E-state index in [4.69, 9.17) is 9.47 Å². The number of nitrogens with zero attached hydrogens (tertiary/aromatic N) is 1. The number of nitrogens with one attached hydrogen (secondary N) is 1. The molecule has 6 heteroatoms. The number of rotatable bonds is 7. The number of hydrogen-bond acceptors (Lipinski definition) is 5. The Kier molecular flexibility index (Phi) is 6.92. The van der Waals surface area contributed by atoms with Gasteiger partial charge < -0.3 is 14.8 Å². The van der Waals surface area contributed by atoms with E-state index in [2.05, 4.69) is 41.5 Å². The molecule has 0 aromatic heterocycles. The van der Waals surface area contributed by atoms with Crippen LogP contribution < -0.4 is 14.8 Å². The first-order valence-electron chi connectivity index (χ1n) is 10.4. The normalized spacial score (nSPS) is 15.8. The minimum absolute atomic E-state index is 0.173. The van der Waals surface area contributed by atoms with Gasteiger partial charge in [-0.1, -0.05) is 48.0 Å². The summed E-state index contributed by atoms with van der Waals surface area (Å²) in [6.07, 6.45) is 1.84. The van der Waals surface area contributed by atoms with Gasteiger partial charge in [-0.2, -0.15) is 0 Å². The first-order chi connectivity index (χ1) is 15.6. The molecule has 162 valence electrons. The maximum Gasteiger partial charge on any atom is 0.264 e. The lowest BCUT2D eigenvalue weighted by Gasteiger charge is -2.10. The van der Waals surface area contributed by atoms with Gasteiger partial charge in [-0.05, 0) is 67.6 Å². The summed E-state index contributed by atoms with van der Waals surface area (Å²) in [5.74, 6) is 1.35. The fraction of sp³-hybridized carbons (Fsp3) is 0.154. The van der Waals surface area contributed by atoms with E-state index in [0.717, 1.165) is 28.3 Å². The Morgan fingerprint density at radius 3 is 2.47 bits per heavy atom. The van der Waals surface area contributed by atoms with Gasteiger partial charge in [0, 0.05) is 5.56 Å². The quantitative estimate of drug-likeness (QED) is 0.464. The molecule has 1 saturated heterocycles. The van der Waals surface area contributed by atoms with E-state index in [9.17, 15) is 4.79 Å². The number of carbonyl (C=O) groups excluding carboxylic acids is 1. The molecule has 1 aliphatic heterocycles. The summed E-state index contributed by atoms with van der Waals surface area (Å²) in [5.41, 5.74) is 3.90. The smallest absolute Gasteiger partial charge is 0.264 e. The zero-order valence-corrected chi connectivity index (χ0v) is 18.8. The van der Waals surface area contributed by atoms with Crippen LogP contribution in [-0.4, -0.2) is 17.7 Å². The number of aryl methyl sites for hydroxylation is 1. The average molecular weight is 445 g/mol. The number of thioether (sulfide) groups is 1. The number of aliphatic imine (C=N–C) groups is 1. The Morgan fingerprint density at radius 1 is 0.969 bits per heavy atom. The van der Waals surface area contributed by atoms with E-state index in [1.54, 1.807) is 0 Å². The molecule has 0 bridgehead atoms.